The molecule has 3 atom stereocenters. The summed E-state index contributed by atoms with van der Waals surface area (Å²) in [4.78, 5) is 28.9. The van der Waals surface area contributed by atoms with Crippen molar-refractivity contribution in [3.8, 4) is 11.1 Å². The maximum Gasteiger partial charge on any atom is 0.407 e. The predicted octanol–water partition coefficient (Wildman–Crippen LogP) is 3.45. The van der Waals surface area contributed by atoms with Gasteiger partial charge in [0.15, 0.2) is 0 Å². The Bertz CT molecular complexity index is 1340. The van der Waals surface area contributed by atoms with E-state index in [4.69, 9.17) is 9.47 Å². The van der Waals surface area contributed by atoms with Crippen molar-refractivity contribution < 1.29 is 29.3 Å². The topological polar surface area (TPSA) is 112 Å². The maximum absolute atomic E-state index is 12.7. The zero-order valence-electron chi connectivity index (χ0n) is 22.8. The number of anilines is 1. The van der Waals surface area contributed by atoms with Crippen molar-refractivity contribution >= 4 is 17.7 Å². The molecular weight excluding hydrogens is 522 g/mol. The van der Waals surface area contributed by atoms with E-state index < -0.39 is 24.3 Å². The van der Waals surface area contributed by atoms with Crippen LogP contribution in [0.4, 0.5) is 10.5 Å². The zero-order chi connectivity index (χ0) is 28.3. The molecule has 0 saturated carbocycles. The van der Waals surface area contributed by atoms with Crippen LogP contribution in [0, 0.1) is 0 Å². The number of alkyl carbamates (subject to hydrolysis) is 1. The Morgan fingerprint density at radius 2 is 1.66 bits per heavy atom. The Balaban J connectivity index is 1.04. The van der Waals surface area contributed by atoms with Gasteiger partial charge in [0.2, 0.25) is 0 Å². The van der Waals surface area contributed by atoms with Gasteiger partial charge in [0.1, 0.15) is 18.9 Å². The largest absolute Gasteiger partial charge is 0.480 e. The molecule has 9 nitrogen and oxygen atoms in total. The van der Waals surface area contributed by atoms with Gasteiger partial charge in [-0.25, -0.2) is 9.59 Å². The van der Waals surface area contributed by atoms with Gasteiger partial charge in [0.25, 0.3) is 0 Å². The average Bonchev–Trinajstić information content (AvgIpc) is 3.63. The summed E-state index contributed by atoms with van der Waals surface area (Å²) in [5, 5.41) is 23.1. The average molecular weight is 558 g/mol. The van der Waals surface area contributed by atoms with E-state index in [1.807, 2.05) is 65.6 Å². The lowest BCUT2D eigenvalue weighted by Crippen LogP contribution is -2.56. The van der Waals surface area contributed by atoms with Crippen LogP contribution in [0.15, 0.2) is 72.8 Å². The van der Waals surface area contributed by atoms with Gasteiger partial charge in [0, 0.05) is 50.3 Å². The number of piperazine rings is 1. The highest BCUT2D eigenvalue weighted by molar-refractivity contribution is 5.81. The minimum Gasteiger partial charge on any atom is -0.480 e. The highest BCUT2D eigenvalue weighted by atomic mass is 16.5. The molecule has 2 saturated heterocycles. The van der Waals surface area contributed by atoms with E-state index in [-0.39, 0.29) is 18.9 Å². The Morgan fingerprint density at radius 3 is 2.27 bits per heavy atom. The van der Waals surface area contributed by atoms with Crippen LogP contribution < -0.4 is 10.2 Å². The second kappa shape index (κ2) is 11.9. The molecule has 3 N–H and O–H groups in total. The lowest BCUT2D eigenvalue weighted by atomic mass is 9.98. The molecule has 3 aromatic rings. The summed E-state index contributed by atoms with van der Waals surface area (Å²) in [7, 11) is 0. The number of hydrogen-bond acceptors (Lipinski definition) is 7. The summed E-state index contributed by atoms with van der Waals surface area (Å²) < 4.78 is 11.0. The summed E-state index contributed by atoms with van der Waals surface area (Å²) in [5.41, 5.74) is 6.07. The lowest BCUT2D eigenvalue weighted by molar-refractivity contribution is -0.139. The number of nitrogens with zero attached hydrogens (tertiary/aromatic N) is 2. The lowest BCUT2D eigenvalue weighted by Gasteiger charge is -2.42. The van der Waals surface area contributed by atoms with Gasteiger partial charge in [0.05, 0.1) is 6.61 Å². The van der Waals surface area contributed by atoms with Crippen LogP contribution in [-0.4, -0.2) is 84.9 Å². The predicted molar refractivity (Wildman–Crippen MR) is 154 cm³/mol. The summed E-state index contributed by atoms with van der Waals surface area (Å²) in [6.45, 7) is 3.70. The van der Waals surface area contributed by atoms with Crippen molar-refractivity contribution in [2.75, 3.05) is 44.4 Å². The monoisotopic (exact) mass is 557 g/mol. The number of aliphatic carboxylic acids is 1. The third kappa shape index (κ3) is 5.79. The Hall–Kier alpha value is -3.92. The molecule has 2 heterocycles. The molecule has 0 bridgehead atoms. The molecule has 3 aliphatic rings. The molecular formula is C32H35N3O6. The summed E-state index contributed by atoms with van der Waals surface area (Å²) in [6, 6.07) is 22.8. The Labute approximate surface area is 239 Å². The first-order valence-electron chi connectivity index (χ1n) is 14.2. The van der Waals surface area contributed by atoms with Crippen molar-refractivity contribution in [2.45, 2.75) is 37.1 Å². The van der Waals surface area contributed by atoms with Crippen molar-refractivity contribution in [2.24, 2.45) is 0 Å². The molecule has 41 heavy (non-hydrogen) atoms. The molecule has 1 aliphatic carbocycles. The van der Waals surface area contributed by atoms with Crippen LogP contribution >= 0.6 is 0 Å². The number of carboxylic acids is 1. The van der Waals surface area contributed by atoms with Crippen molar-refractivity contribution in [1.29, 1.82) is 0 Å². The number of carbonyl (C=O) groups is 2. The van der Waals surface area contributed by atoms with E-state index in [1.54, 1.807) is 0 Å². The Kier molecular flexibility index (Phi) is 7.91. The number of ether oxygens (including phenoxy) is 2. The van der Waals surface area contributed by atoms with E-state index in [0.29, 0.717) is 19.1 Å². The number of hydrogen-bond donors (Lipinski definition) is 3. The first-order chi connectivity index (χ1) is 20.0. The highest BCUT2D eigenvalue weighted by Crippen LogP contribution is 2.44. The van der Waals surface area contributed by atoms with Crippen LogP contribution in [0.25, 0.3) is 11.1 Å². The number of fused-ring (bicyclic) bond motifs is 3. The van der Waals surface area contributed by atoms with Crippen LogP contribution in [0.3, 0.4) is 0 Å². The standard InChI is InChI=1S/C32H35N3O6/c36-30-18-34(23-13-16-40-19-23)14-15-35(30)22-11-9-21(10-12-22)17-29(31(37)38)33-32(39)41-20-28-26-7-3-1-5-24(26)25-6-2-4-8-27(25)28/h1-12,23,28-30,36H,13-20H2,(H,33,39)(H,37,38)/t23?,29-,30?/m0/s1. The van der Waals surface area contributed by atoms with Crippen LogP contribution in [0.5, 0.6) is 0 Å². The first-order valence-corrected chi connectivity index (χ1v) is 14.2. The zero-order valence-corrected chi connectivity index (χ0v) is 22.8. The molecule has 0 aromatic heterocycles. The molecule has 2 aliphatic heterocycles. The molecule has 9 heteroatoms. The van der Waals surface area contributed by atoms with Gasteiger partial charge in [-0.3, -0.25) is 4.90 Å². The number of nitrogens with one attached hydrogen (secondary N) is 1. The number of rotatable bonds is 8. The van der Waals surface area contributed by atoms with Gasteiger partial charge in [-0.15, -0.1) is 0 Å². The van der Waals surface area contributed by atoms with Crippen LogP contribution in [0.2, 0.25) is 0 Å². The fourth-order valence-electron chi connectivity index (χ4n) is 6.27. The molecule has 0 spiro atoms. The number of carboxylic acid groups (broad SMARTS) is 1. The molecule has 1 amide bonds. The number of aliphatic hydroxyl groups excluding tert-OH is 1. The number of carbonyl (C=O) groups excluding carboxylic acids is 1. The van der Waals surface area contributed by atoms with Gasteiger partial charge >= 0.3 is 12.1 Å². The van der Waals surface area contributed by atoms with Gasteiger partial charge < -0.3 is 29.9 Å². The molecule has 2 unspecified atom stereocenters. The summed E-state index contributed by atoms with van der Waals surface area (Å²) >= 11 is 0. The highest BCUT2D eigenvalue weighted by Gasteiger charge is 2.32. The van der Waals surface area contributed by atoms with Crippen molar-refractivity contribution in [1.82, 2.24) is 10.2 Å². The molecule has 6 rings (SSSR count). The minimum absolute atomic E-state index is 0.104. The fourth-order valence-corrected chi connectivity index (χ4v) is 6.27. The van der Waals surface area contributed by atoms with E-state index in [2.05, 4.69) is 22.3 Å². The molecule has 2 fully saturated rings. The van der Waals surface area contributed by atoms with Crippen LogP contribution in [-0.2, 0) is 20.7 Å². The summed E-state index contributed by atoms with van der Waals surface area (Å²) in [5.74, 6) is -1.24. The van der Waals surface area contributed by atoms with E-state index in [1.165, 1.54) is 0 Å². The molecule has 0 radical (unpaired) electrons. The molecule has 3 aromatic carbocycles. The van der Waals surface area contributed by atoms with Gasteiger partial charge in [-0.1, -0.05) is 60.7 Å². The third-order valence-corrected chi connectivity index (χ3v) is 8.45. The number of aliphatic hydroxyl groups is 1. The quantitative estimate of drug-likeness (QED) is 0.386. The second-order valence-corrected chi connectivity index (χ2v) is 10.9. The number of β-amino-alcohol motifs (C(OH)–C–C–N with tert-alkyl or cyclic N) is 1. The van der Waals surface area contributed by atoms with E-state index in [0.717, 1.165) is 59.7 Å². The third-order valence-electron chi connectivity index (χ3n) is 8.45. The SMILES string of the molecule is O=C(N[C@@H](Cc1ccc(N2CCN(C3CCOC3)CC2O)cc1)C(=O)O)OCC1c2ccccc2-c2ccccc21. The number of benzene rings is 3. The van der Waals surface area contributed by atoms with Crippen molar-refractivity contribution in [3.05, 3.63) is 89.5 Å². The maximum atomic E-state index is 12.7. The molecule has 214 valence electrons. The van der Waals surface area contributed by atoms with Gasteiger partial charge in [-0.05, 0) is 46.4 Å². The van der Waals surface area contributed by atoms with Crippen molar-refractivity contribution in [3.63, 3.8) is 0 Å². The fraction of sp³-hybridized carbons (Fsp3) is 0.375. The van der Waals surface area contributed by atoms with E-state index >= 15 is 0 Å². The van der Waals surface area contributed by atoms with E-state index in [9.17, 15) is 19.8 Å². The minimum atomic E-state index is -1.14. The summed E-state index contributed by atoms with van der Waals surface area (Å²) in [6.07, 6.45) is -0.282. The number of amides is 1. The second-order valence-electron chi connectivity index (χ2n) is 10.9. The Morgan fingerprint density at radius 1 is 0.976 bits per heavy atom. The normalized spacial score (nSPS) is 21.2. The van der Waals surface area contributed by atoms with Crippen LogP contribution in [0.1, 0.15) is 29.0 Å². The first kappa shape index (κ1) is 27.3. The van der Waals surface area contributed by atoms with Gasteiger partial charge in [-0.2, -0.15) is 0 Å². The smallest absolute Gasteiger partial charge is 0.407 e.